The molecular formula is C20H20BF5O4. The SMILES string of the molecule is CC1(C)OB(c2ccc(Oc3ccc(OC(F)(F)F)cc3)c(C(F)F)c2)OC1(C)C. The molecule has 0 aromatic heterocycles. The summed E-state index contributed by atoms with van der Waals surface area (Å²) in [4.78, 5) is 0. The molecule has 0 aliphatic carbocycles. The molecule has 1 aliphatic heterocycles. The number of benzene rings is 2. The fraction of sp³-hybridized carbons (Fsp3) is 0.400. The van der Waals surface area contributed by atoms with Gasteiger partial charge in [0.05, 0.1) is 16.8 Å². The second-order valence-corrected chi connectivity index (χ2v) is 7.81. The molecule has 0 amide bonds. The highest BCUT2D eigenvalue weighted by molar-refractivity contribution is 6.62. The lowest BCUT2D eigenvalue weighted by molar-refractivity contribution is -0.274. The van der Waals surface area contributed by atoms with E-state index >= 15 is 0 Å². The summed E-state index contributed by atoms with van der Waals surface area (Å²) in [7, 11) is -0.819. The molecule has 2 aromatic carbocycles. The van der Waals surface area contributed by atoms with Crippen molar-refractivity contribution in [3.63, 3.8) is 0 Å². The van der Waals surface area contributed by atoms with Crippen molar-refractivity contribution in [2.45, 2.75) is 51.7 Å². The molecule has 0 radical (unpaired) electrons. The summed E-state index contributed by atoms with van der Waals surface area (Å²) in [5.41, 5.74) is -1.24. The molecule has 162 valence electrons. The fourth-order valence-corrected chi connectivity index (χ4v) is 2.79. The van der Waals surface area contributed by atoms with Crippen LogP contribution in [-0.2, 0) is 9.31 Å². The third kappa shape index (κ3) is 4.87. The van der Waals surface area contributed by atoms with Crippen LogP contribution >= 0.6 is 0 Å². The van der Waals surface area contributed by atoms with E-state index in [1.807, 2.05) is 27.7 Å². The zero-order valence-electron chi connectivity index (χ0n) is 16.7. The van der Waals surface area contributed by atoms with Crippen LogP contribution in [0.25, 0.3) is 0 Å². The number of rotatable bonds is 5. The smallest absolute Gasteiger partial charge is 0.457 e. The Morgan fingerprint density at radius 1 is 0.867 bits per heavy atom. The summed E-state index contributed by atoms with van der Waals surface area (Å²) in [6, 6.07) is 8.58. The Kier molecular flexibility index (Phi) is 5.77. The third-order valence-electron chi connectivity index (χ3n) is 5.08. The van der Waals surface area contributed by atoms with Crippen molar-refractivity contribution in [2.24, 2.45) is 0 Å². The van der Waals surface area contributed by atoms with Crippen molar-refractivity contribution in [2.75, 3.05) is 0 Å². The van der Waals surface area contributed by atoms with Crippen LogP contribution in [0.1, 0.15) is 39.7 Å². The summed E-state index contributed by atoms with van der Waals surface area (Å²) in [5.74, 6) is -0.496. The van der Waals surface area contributed by atoms with E-state index in [-0.39, 0.29) is 11.5 Å². The van der Waals surface area contributed by atoms with Gasteiger partial charge >= 0.3 is 13.5 Å². The first-order valence-electron chi connectivity index (χ1n) is 9.09. The molecule has 1 fully saturated rings. The number of hydrogen-bond donors (Lipinski definition) is 0. The Morgan fingerprint density at radius 3 is 1.90 bits per heavy atom. The topological polar surface area (TPSA) is 36.9 Å². The zero-order chi connectivity index (χ0) is 22.3. The number of alkyl halides is 5. The Labute approximate surface area is 171 Å². The lowest BCUT2D eigenvalue weighted by atomic mass is 9.78. The van der Waals surface area contributed by atoms with E-state index in [0.29, 0.717) is 5.46 Å². The van der Waals surface area contributed by atoms with Crippen molar-refractivity contribution in [3.05, 3.63) is 48.0 Å². The van der Waals surface area contributed by atoms with Crippen molar-refractivity contribution in [1.29, 1.82) is 0 Å². The normalized spacial score (nSPS) is 18.0. The molecular weight excluding hydrogens is 410 g/mol. The van der Waals surface area contributed by atoms with E-state index in [1.165, 1.54) is 24.3 Å². The molecule has 30 heavy (non-hydrogen) atoms. The molecule has 4 nitrogen and oxygen atoms in total. The first-order chi connectivity index (χ1) is 13.8. The molecule has 0 spiro atoms. The van der Waals surface area contributed by atoms with Crippen LogP contribution in [0.4, 0.5) is 22.0 Å². The predicted octanol–water partition coefficient (Wildman–Crippen LogP) is 5.61. The van der Waals surface area contributed by atoms with E-state index in [2.05, 4.69) is 4.74 Å². The van der Waals surface area contributed by atoms with Crippen LogP contribution in [0.3, 0.4) is 0 Å². The molecule has 3 rings (SSSR count). The van der Waals surface area contributed by atoms with Crippen molar-refractivity contribution >= 4 is 12.6 Å². The fourth-order valence-electron chi connectivity index (χ4n) is 2.79. The van der Waals surface area contributed by atoms with Crippen molar-refractivity contribution in [1.82, 2.24) is 0 Å². The predicted molar refractivity (Wildman–Crippen MR) is 100 cm³/mol. The van der Waals surface area contributed by atoms with Gasteiger partial charge in [0.25, 0.3) is 6.43 Å². The Morgan fingerprint density at radius 2 is 1.40 bits per heavy atom. The maximum Gasteiger partial charge on any atom is 0.573 e. The van der Waals surface area contributed by atoms with Gasteiger partial charge < -0.3 is 18.8 Å². The van der Waals surface area contributed by atoms with Crippen LogP contribution in [0.5, 0.6) is 17.2 Å². The first-order valence-corrected chi connectivity index (χ1v) is 9.09. The van der Waals surface area contributed by atoms with Crippen LogP contribution in [-0.4, -0.2) is 24.7 Å². The number of hydrogen-bond acceptors (Lipinski definition) is 4. The molecule has 1 aliphatic rings. The van der Waals surface area contributed by atoms with E-state index in [9.17, 15) is 22.0 Å². The highest BCUT2D eigenvalue weighted by atomic mass is 19.4. The van der Waals surface area contributed by atoms with Crippen LogP contribution < -0.4 is 14.9 Å². The summed E-state index contributed by atoms with van der Waals surface area (Å²) in [5, 5.41) is 0. The van der Waals surface area contributed by atoms with Gasteiger partial charge in [0.2, 0.25) is 0 Å². The Hall–Kier alpha value is -2.33. The summed E-state index contributed by atoms with van der Waals surface area (Å²) < 4.78 is 85.0. The van der Waals surface area contributed by atoms with Gasteiger partial charge in [-0.05, 0) is 69.6 Å². The minimum Gasteiger partial charge on any atom is -0.457 e. The highest BCUT2D eigenvalue weighted by Crippen LogP contribution is 2.38. The molecule has 0 unspecified atom stereocenters. The first kappa shape index (κ1) is 22.4. The maximum absolute atomic E-state index is 13.6. The van der Waals surface area contributed by atoms with Crippen LogP contribution in [0, 0.1) is 0 Å². The Balaban J connectivity index is 1.81. The zero-order valence-corrected chi connectivity index (χ0v) is 16.7. The Bertz CT molecular complexity index is 881. The van der Waals surface area contributed by atoms with Gasteiger partial charge in [0, 0.05) is 0 Å². The highest BCUT2D eigenvalue weighted by Gasteiger charge is 2.51. The quantitative estimate of drug-likeness (QED) is 0.456. The molecule has 0 N–H and O–H groups in total. The van der Waals surface area contributed by atoms with Crippen LogP contribution in [0.15, 0.2) is 42.5 Å². The summed E-state index contributed by atoms with van der Waals surface area (Å²) in [6.45, 7) is 7.41. The largest absolute Gasteiger partial charge is 0.573 e. The second-order valence-electron chi connectivity index (χ2n) is 7.81. The van der Waals surface area contributed by atoms with Gasteiger partial charge in [-0.1, -0.05) is 6.07 Å². The molecule has 10 heteroatoms. The van der Waals surface area contributed by atoms with Gasteiger partial charge in [-0.15, -0.1) is 13.2 Å². The summed E-state index contributed by atoms with van der Waals surface area (Å²) in [6.07, 6.45) is -7.68. The average Bonchev–Trinajstić information content (AvgIpc) is 2.83. The van der Waals surface area contributed by atoms with E-state index in [4.69, 9.17) is 14.0 Å². The molecule has 1 heterocycles. The molecule has 1 saturated heterocycles. The van der Waals surface area contributed by atoms with Crippen LogP contribution in [0.2, 0.25) is 0 Å². The van der Waals surface area contributed by atoms with Crippen molar-refractivity contribution in [3.8, 4) is 17.2 Å². The van der Waals surface area contributed by atoms with Gasteiger partial charge in [0.1, 0.15) is 17.2 Å². The van der Waals surface area contributed by atoms with Gasteiger partial charge in [0.15, 0.2) is 0 Å². The van der Waals surface area contributed by atoms with Gasteiger partial charge in [-0.2, -0.15) is 0 Å². The molecule has 0 saturated carbocycles. The molecule has 0 atom stereocenters. The van der Waals surface area contributed by atoms with E-state index < -0.39 is 42.4 Å². The standard InChI is InChI=1S/C20H20BF5O4/c1-18(2)19(3,4)30-21(29-18)12-5-10-16(15(11-12)17(22)23)27-13-6-8-14(9-7-13)28-20(24,25)26/h5-11,17H,1-4H3. The number of ether oxygens (including phenoxy) is 2. The monoisotopic (exact) mass is 430 g/mol. The minimum atomic E-state index is -4.82. The van der Waals surface area contributed by atoms with E-state index in [1.54, 1.807) is 6.07 Å². The second kappa shape index (κ2) is 7.74. The third-order valence-corrected chi connectivity index (χ3v) is 5.08. The van der Waals surface area contributed by atoms with Gasteiger partial charge in [-0.3, -0.25) is 0 Å². The molecule has 0 bridgehead atoms. The lowest BCUT2D eigenvalue weighted by Gasteiger charge is -2.32. The lowest BCUT2D eigenvalue weighted by Crippen LogP contribution is -2.41. The average molecular weight is 430 g/mol. The maximum atomic E-state index is 13.6. The van der Waals surface area contributed by atoms with Gasteiger partial charge in [-0.25, -0.2) is 8.78 Å². The molecule has 2 aromatic rings. The number of halogens is 5. The van der Waals surface area contributed by atoms with E-state index in [0.717, 1.165) is 12.1 Å². The summed E-state index contributed by atoms with van der Waals surface area (Å²) >= 11 is 0. The minimum absolute atomic E-state index is 0.0785. The van der Waals surface area contributed by atoms with Crippen molar-refractivity contribution < 1.29 is 40.7 Å².